The van der Waals surface area contributed by atoms with Crippen molar-refractivity contribution in [1.29, 1.82) is 0 Å². The standard InChI is InChI=1S/C19H22F2N6/c1-25(2)8-9-26-12-14(11-22-26)19-23-18(13-4-3-5-13)24-27(19)15-6-7-16(20)17(21)10-15/h6-7,10-13H,3-5,8-9H2,1-2H3. The van der Waals surface area contributed by atoms with E-state index in [1.807, 2.05) is 25.0 Å². The molecule has 4 rings (SSSR count). The Labute approximate surface area is 156 Å². The SMILES string of the molecule is CN(C)CCn1cc(-c2nc(C3CCC3)nn2-c2ccc(F)c(F)c2)cn1. The van der Waals surface area contributed by atoms with E-state index in [2.05, 4.69) is 15.1 Å². The number of likely N-dealkylation sites (N-methyl/N-ethyl adjacent to an activating group) is 1. The summed E-state index contributed by atoms with van der Waals surface area (Å²) in [5, 5.41) is 9.00. The van der Waals surface area contributed by atoms with Crippen molar-refractivity contribution in [3.8, 4) is 17.1 Å². The van der Waals surface area contributed by atoms with Gasteiger partial charge in [0.2, 0.25) is 0 Å². The lowest BCUT2D eigenvalue weighted by Gasteiger charge is -2.21. The summed E-state index contributed by atoms with van der Waals surface area (Å²) in [5.74, 6) is -0.0999. The van der Waals surface area contributed by atoms with Gasteiger partial charge in [-0.25, -0.2) is 18.4 Å². The van der Waals surface area contributed by atoms with Gasteiger partial charge in [0.05, 0.1) is 24.0 Å². The van der Waals surface area contributed by atoms with Crippen LogP contribution in [0.1, 0.15) is 31.0 Å². The Morgan fingerprint density at radius 3 is 2.67 bits per heavy atom. The van der Waals surface area contributed by atoms with E-state index in [1.165, 1.54) is 12.5 Å². The van der Waals surface area contributed by atoms with Gasteiger partial charge in [-0.2, -0.15) is 10.2 Å². The maximum absolute atomic E-state index is 13.8. The van der Waals surface area contributed by atoms with Crippen LogP contribution in [0.4, 0.5) is 8.78 Å². The fraction of sp³-hybridized carbons (Fsp3) is 0.421. The number of benzene rings is 1. The molecule has 0 bridgehead atoms. The lowest BCUT2D eigenvalue weighted by atomic mass is 9.85. The summed E-state index contributed by atoms with van der Waals surface area (Å²) >= 11 is 0. The lowest BCUT2D eigenvalue weighted by Crippen LogP contribution is -2.18. The molecule has 0 N–H and O–H groups in total. The normalized spacial score (nSPS) is 14.7. The van der Waals surface area contributed by atoms with Crippen LogP contribution in [0.15, 0.2) is 30.6 Å². The van der Waals surface area contributed by atoms with Crippen molar-refractivity contribution in [2.75, 3.05) is 20.6 Å². The second-order valence-corrected chi connectivity index (χ2v) is 7.23. The fourth-order valence-corrected chi connectivity index (χ4v) is 3.05. The van der Waals surface area contributed by atoms with Crippen LogP contribution >= 0.6 is 0 Å². The van der Waals surface area contributed by atoms with Crippen LogP contribution in [-0.4, -0.2) is 50.1 Å². The highest BCUT2D eigenvalue weighted by atomic mass is 19.2. The predicted molar refractivity (Wildman–Crippen MR) is 97.6 cm³/mol. The maximum Gasteiger partial charge on any atom is 0.166 e. The molecule has 6 nitrogen and oxygen atoms in total. The predicted octanol–water partition coefficient (Wildman–Crippen LogP) is 3.24. The number of hydrogen-bond donors (Lipinski definition) is 0. The van der Waals surface area contributed by atoms with E-state index in [0.717, 1.165) is 49.5 Å². The second-order valence-electron chi connectivity index (χ2n) is 7.23. The minimum absolute atomic E-state index is 0.332. The first-order chi connectivity index (χ1) is 13.0. The molecule has 1 aromatic carbocycles. The first-order valence-corrected chi connectivity index (χ1v) is 9.11. The van der Waals surface area contributed by atoms with Gasteiger partial charge in [-0.05, 0) is 39.1 Å². The lowest BCUT2D eigenvalue weighted by molar-refractivity contribution is 0.373. The Balaban J connectivity index is 1.72. The zero-order valence-electron chi connectivity index (χ0n) is 15.4. The van der Waals surface area contributed by atoms with Crippen molar-refractivity contribution in [2.24, 2.45) is 0 Å². The summed E-state index contributed by atoms with van der Waals surface area (Å²) in [5.41, 5.74) is 1.25. The molecular weight excluding hydrogens is 350 g/mol. The molecule has 0 unspecified atom stereocenters. The van der Waals surface area contributed by atoms with Gasteiger partial charge in [0.25, 0.3) is 0 Å². The van der Waals surface area contributed by atoms with Crippen molar-refractivity contribution in [2.45, 2.75) is 31.7 Å². The summed E-state index contributed by atoms with van der Waals surface area (Å²) in [7, 11) is 4.02. The molecule has 8 heteroatoms. The average Bonchev–Trinajstić information content (AvgIpc) is 3.21. The number of aromatic nitrogens is 5. The van der Waals surface area contributed by atoms with Crippen LogP contribution in [0, 0.1) is 11.6 Å². The zero-order valence-corrected chi connectivity index (χ0v) is 15.4. The number of hydrogen-bond acceptors (Lipinski definition) is 4. The topological polar surface area (TPSA) is 51.8 Å². The molecule has 1 aliphatic carbocycles. The third-order valence-corrected chi connectivity index (χ3v) is 4.91. The average molecular weight is 372 g/mol. The fourth-order valence-electron chi connectivity index (χ4n) is 3.05. The molecule has 3 aromatic rings. The number of halogens is 2. The van der Waals surface area contributed by atoms with Crippen molar-refractivity contribution in [1.82, 2.24) is 29.4 Å². The van der Waals surface area contributed by atoms with Gasteiger partial charge in [0.1, 0.15) is 0 Å². The zero-order chi connectivity index (χ0) is 19.0. The van der Waals surface area contributed by atoms with Crippen LogP contribution in [0.3, 0.4) is 0 Å². The molecule has 0 spiro atoms. The first-order valence-electron chi connectivity index (χ1n) is 9.11. The smallest absolute Gasteiger partial charge is 0.166 e. The number of rotatable bonds is 6. The second kappa shape index (κ2) is 7.19. The molecule has 0 radical (unpaired) electrons. The summed E-state index contributed by atoms with van der Waals surface area (Å²) in [6.07, 6.45) is 6.93. The van der Waals surface area contributed by atoms with Crippen molar-refractivity contribution < 1.29 is 8.78 Å². The summed E-state index contributed by atoms with van der Waals surface area (Å²) in [6, 6.07) is 3.77. The van der Waals surface area contributed by atoms with E-state index >= 15 is 0 Å². The van der Waals surface area contributed by atoms with E-state index in [0.29, 0.717) is 17.4 Å². The van der Waals surface area contributed by atoms with Gasteiger partial charge < -0.3 is 4.90 Å². The molecule has 1 fully saturated rings. The van der Waals surface area contributed by atoms with E-state index in [9.17, 15) is 8.78 Å². The van der Waals surface area contributed by atoms with Gasteiger partial charge >= 0.3 is 0 Å². The summed E-state index contributed by atoms with van der Waals surface area (Å²) < 4.78 is 30.6. The summed E-state index contributed by atoms with van der Waals surface area (Å²) in [4.78, 5) is 6.79. The Bertz CT molecular complexity index is 942. The number of nitrogens with zero attached hydrogens (tertiary/aromatic N) is 6. The molecule has 1 aliphatic rings. The minimum atomic E-state index is -0.902. The van der Waals surface area contributed by atoms with Gasteiger partial charge in [-0.3, -0.25) is 4.68 Å². The third kappa shape index (κ3) is 3.62. The summed E-state index contributed by atoms with van der Waals surface area (Å²) in [6.45, 7) is 1.62. The van der Waals surface area contributed by atoms with Gasteiger partial charge in [0, 0.05) is 24.7 Å². The van der Waals surface area contributed by atoms with Crippen LogP contribution in [0.5, 0.6) is 0 Å². The Hall–Kier alpha value is -2.61. The van der Waals surface area contributed by atoms with Crippen molar-refractivity contribution in [3.05, 3.63) is 48.1 Å². The molecule has 142 valence electrons. The van der Waals surface area contributed by atoms with E-state index < -0.39 is 11.6 Å². The largest absolute Gasteiger partial charge is 0.308 e. The van der Waals surface area contributed by atoms with Crippen LogP contribution in [-0.2, 0) is 6.54 Å². The van der Waals surface area contributed by atoms with E-state index in [-0.39, 0.29) is 0 Å². The molecule has 0 aliphatic heterocycles. The van der Waals surface area contributed by atoms with Crippen LogP contribution in [0.2, 0.25) is 0 Å². The van der Waals surface area contributed by atoms with Gasteiger partial charge in [-0.1, -0.05) is 6.42 Å². The van der Waals surface area contributed by atoms with E-state index in [1.54, 1.807) is 10.9 Å². The molecule has 0 amide bonds. The quantitative estimate of drug-likeness (QED) is 0.667. The molecule has 0 atom stereocenters. The van der Waals surface area contributed by atoms with Crippen molar-refractivity contribution in [3.63, 3.8) is 0 Å². The molecule has 27 heavy (non-hydrogen) atoms. The van der Waals surface area contributed by atoms with E-state index in [4.69, 9.17) is 4.98 Å². The Morgan fingerprint density at radius 1 is 1.19 bits per heavy atom. The highest BCUT2D eigenvalue weighted by molar-refractivity contribution is 5.56. The first kappa shape index (κ1) is 17.8. The van der Waals surface area contributed by atoms with Crippen LogP contribution in [0.25, 0.3) is 17.1 Å². The highest BCUT2D eigenvalue weighted by Gasteiger charge is 2.26. The molecule has 2 aromatic heterocycles. The molecule has 2 heterocycles. The monoisotopic (exact) mass is 372 g/mol. The minimum Gasteiger partial charge on any atom is -0.308 e. The van der Waals surface area contributed by atoms with Crippen LogP contribution < -0.4 is 0 Å². The maximum atomic E-state index is 13.8. The van der Waals surface area contributed by atoms with Gasteiger partial charge in [0.15, 0.2) is 23.3 Å². The molecular formula is C19H22F2N6. The Morgan fingerprint density at radius 2 is 2.00 bits per heavy atom. The third-order valence-electron chi connectivity index (χ3n) is 4.91. The van der Waals surface area contributed by atoms with Gasteiger partial charge in [-0.15, -0.1) is 0 Å². The van der Waals surface area contributed by atoms with Crippen molar-refractivity contribution >= 4 is 0 Å². The Kier molecular flexibility index (Phi) is 4.73. The molecule has 1 saturated carbocycles. The highest BCUT2D eigenvalue weighted by Crippen LogP contribution is 2.36. The molecule has 0 saturated heterocycles.